The lowest BCUT2D eigenvalue weighted by molar-refractivity contribution is -0.192. The molecule has 0 amide bonds. The fourth-order valence-electron chi connectivity index (χ4n) is 3.13. The molecule has 3 N–H and O–H groups in total. The number of rotatable bonds is 6. The molecular formula is C24H25F3N4O3. The number of halogens is 3. The summed E-state index contributed by atoms with van der Waals surface area (Å²) < 4.78 is 37.2. The molecule has 0 aliphatic carbocycles. The lowest BCUT2D eigenvalue weighted by Gasteiger charge is -2.28. The number of pyridine rings is 1. The van der Waals surface area contributed by atoms with Gasteiger partial charge < -0.3 is 25.4 Å². The third-order valence-electron chi connectivity index (χ3n) is 4.86. The van der Waals surface area contributed by atoms with Gasteiger partial charge in [-0.15, -0.1) is 0 Å². The van der Waals surface area contributed by atoms with Gasteiger partial charge in [-0.1, -0.05) is 30.3 Å². The number of carboxylic acids is 1. The number of aliphatic carboxylic acids is 1. The Kier molecular flexibility index (Phi) is 8.69. The molecule has 0 bridgehead atoms. The van der Waals surface area contributed by atoms with E-state index in [-0.39, 0.29) is 0 Å². The zero-order chi connectivity index (χ0) is 24.4. The van der Waals surface area contributed by atoms with Gasteiger partial charge >= 0.3 is 12.1 Å². The molecule has 34 heavy (non-hydrogen) atoms. The Labute approximate surface area is 195 Å². The van der Waals surface area contributed by atoms with Crippen molar-refractivity contribution in [1.82, 2.24) is 4.98 Å². The van der Waals surface area contributed by atoms with E-state index in [9.17, 15) is 13.2 Å². The van der Waals surface area contributed by atoms with Crippen molar-refractivity contribution >= 4 is 28.8 Å². The first-order chi connectivity index (χ1) is 16.3. The predicted molar refractivity (Wildman–Crippen MR) is 124 cm³/mol. The normalized spacial score (nSPS) is 13.4. The van der Waals surface area contributed by atoms with E-state index in [4.69, 9.17) is 14.6 Å². The SMILES string of the molecule is O=C(O)C(F)(F)F.c1ccc(CNc2ccnc(Nc3ccc(N4CCOCC4)cc3)c2)cc1. The van der Waals surface area contributed by atoms with Gasteiger partial charge in [0, 0.05) is 49.0 Å². The topological polar surface area (TPSA) is 86.7 Å². The summed E-state index contributed by atoms with van der Waals surface area (Å²) >= 11 is 0. The number of anilines is 4. The molecule has 10 heteroatoms. The molecule has 1 aromatic heterocycles. The molecule has 2 aromatic carbocycles. The molecule has 7 nitrogen and oxygen atoms in total. The molecule has 0 saturated carbocycles. The van der Waals surface area contributed by atoms with Crippen molar-refractivity contribution in [1.29, 1.82) is 0 Å². The summed E-state index contributed by atoms with van der Waals surface area (Å²) in [6.45, 7) is 4.28. The molecule has 1 aliphatic heterocycles. The zero-order valence-corrected chi connectivity index (χ0v) is 18.3. The highest BCUT2D eigenvalue weighted by Crippen LogP contribution is 2.22. The number of alkyl halides is 3. The van der Waals surface area contributed by atoms with Gasteiger partial charge in [0.1, 0.15) is 5.82 Å². The second-order valence-corrected chi connectivity index (χ2v) is 7.34. The molecular weight excluding hydrogens is 449 g/mol. The second-order valence-electron chi connectivity index (χ2n) is 7.34. The first kappa shape index (κ1) is 24.8. The number of nitrogens with one attached hydrogen (secondary N) is 2. The van der Waals surface area contributed by atoms with Crippen molar-refractivity contribution in [3.05, 3.63) is 78.5 Å². The maximum atomic E-state index is 10.6. The quantitative estimate of drug-likeness (QED) is 0.468. The summed E-state index contributed by atoms with van der Waals surface area (Å²) in [5.74, 6) is -1.93. The minimum absolute atomic E-state index is 0.790. The number of carboxylic acid groups (broad SMARTS) is 1. The van der Waals surface area contributed by atoms with Gasteiger partial charge in [0.25, 0.3) is 0 Å². The molecule has 0 atom stereocenters. The summed E-state index contributed by atoms with van der Waals surface area (Å²) in [6, 6.07) is 22.8. The van der Waals surface area contributed by atoms with Crippen molar-refractivity contribution in [2.75, 3.05) is 41.8 Å². The minimum Gasteiger partial charge on any atom is -0.475 e. The molecule has 0 unspecified atom stereocenters. The third kappa shape index (κ3) is 7.96. The molecule has 2 heterocycles. The van der Waals surface area contributed by atoms with Gasteiger partial charge in [-0.05, 0) is 35.9 Å². The van der Waals surface area contributed by atoms with Gasteiger partial charge in [-0.3, -0.25) is 0 Å². The van der Waals surface area contributed by atoms with Crippen molar-refractivity contribution in [3.8, 4) is 0 Å². The Bertz CT molecular complexity index is 1040. The molecule has 1 fully saturated rings. The van der Waals surface area contributed by atoms with Gasteiger partial charge in [0.2, 0.25) is 0 Å². The van der Waals surface area contributed by atoms with Crippen molar-refractivity contribution in [2.24, 2.45) is 0 Å². The van der Waals surface area contributed by atoms with Crippen LogP contribution in [0.1, 0.15) is 5.56 Å². The summed E-state index contributed by atoms with van der Waals surface area (Å²) in [5, 5.41) is 13.9. The smallest absolute Gasteiger partial charge is 0.475 e. The van der Waals surface area contributed by atoms with Gasteiger partial charge in [-0.2, -0.15) is 13.2 Å². The van der Waals surface area contributed by atoms with Crippen LogP contribution in [0.2, 0.25) is 0 Å². The Morgan fingerprint density at radius 2 is 1.65 bits per heavy atom. The van der Waals surface area contributed by atoms with E-state index in [1.54, 1.807) is 0 Å². The Morgan fingerprint density at radius 1 is 1.00 bits per heavy atom. The molecule has 0 radical (unpaired) electrons. The van der Waals surface area contributed by atoms with Crippen LogP contribution >= 0.6 is 0 Å². The van der Waals surface area contributed by atoms with Crippen LogP contribution in [-0.4, -0.2) is 48.5 Å². The van der Waals surface area contributed by atoms with Crippen LogP contribution in [0, 0.1) is 0 Å². The fraction of sp³-hybridized carbons (Fsp3) is 0.250. The largest absolute Gasteiger partial charge is 0.490 e. The number of hydrogen-bond acceptors (Lipinski definition) is 6. The van der Waals surface area contributed by atoms with Crippen LogP contribution in [0.5, 0.6) is 0 Å². The first-order valence-electron chi connectivity index (χ1n) is 10.5. The monoisotopic (exact) mass is 474 g/mol. The Hall–Kier alpha value is -3.79. The van der Waals surface area contributed by atoms with E-state index in [1.807, 2.05) is 24.4 Å². The molecule has 4 rings (SSSR count). The van der Waals surface area contributed by atoms with Crippen LogP contribution in [0.25, 0.3) is 0 Å². The number of morpholine rings is 1. The highest BCUT2D eigenvalue weighted by atomic mass is 19.4. The third-order valence-corrected chi connectivity index (χ3v) is 4.86. The lowest BCUT2D eigenvalue weighted by atomic mass is 10.2. The molecule has 1 aliphatic rings. The van der Waals surface area contributed by atoms with Crippen LogP contribution in [0.3, 0.4) is 0 Å². The summed E-state index contributed by atoms with van der Waals surface area (Å²) in [5.41, 5.74) is 4.55. The fourth-order valence-corrected chi connectivity index (χ4v) is 3.13. The number of hydrogen-bond donors (Lipinski definition) is 3. The number of ether oxygens (including phenoxy) is 1. The predicted octanol–water partition coefficient (Wildman–Crippen LogP) is 4.91. The lowest BCUT2D eigenvalue weighted by Crippen LogP contribution is -2.36. The molecule has 3 aromatic rings. The average Bonchev–Trinajstić information content (AvgIpc) is 2.84. The number of carbonyl (C=O) groups is 1. The van der Waals surface area contributed by atoms with Crippen molar-refractivity contribution in [3.63, 3.8) is 0 Å². The molecule has 1 saturated heterocycles. The maximum Gasteiger partial charge on any atom is 0.490 e. The van der Waals surface area contributed by atoms with Gasteiger partial charge in [-0.25, -0.2) is 9.78 Å². The van der Waals surface area contributed by atoms with E-state index in [0.717, 1.165) is 50.0 Å². The molecule has 180 valence electrons. The Morgan fingerprint density at radius 3 is 2.26 bits per heavy atom. The van der Waals surface area contributed by atoms with E-state index in [2.05, 4.69) is 69.0 Å². The van der Waals surface area contributed by atoms with Crippen LogP contribution in [0.4, 0.5) is 36.1 Å². The van der Waals surface area contributed by atoms with Crippen LogP contribution in [-0.2, 0) is 16.1 Å². The van der Waals surface area contributed by atoms with E-state index < -0.39 is 12.1 Å². The summed E-state index contributed by atoms with van der Waals surface area (Å²) in [6.07, 6.45) is -3.27. The number of nitrogens with zero attached hydrogens (tertiary/aromatic N) is 2. The first-order valence-corrected chi connectivity index (χ1v) is 10.5. The summed E-state index contributed by atoms with van der Waals surface area (Å²) in [4.78, 5) is 15.7. The Balaban J connectivity index is 0.000000406. The maximum absolute atomic E-state index is 10.6. The number of aromatic nitrogens is 1. The van der Waals surface area contributed by atoms with Crippen molar-refractivity contribution in [2.45, 2.75) is 12.7 Å². The highest BCUT2D eigenvalue weighted by molar-refractivity contribution is 5.73. The number of benzene rings is 2. The molecule has 0 spiro atoms. The second kappa shape index (κ2) is 11.9. The summed E-state index contributed by atoms with van der Waals surface area (Å²) in [7, 11) is 0. The standard InChI is InChI=1S/C22H24N4O.C2HF3O2/c1-2-4-18(5-3-1)17-24-20-10-11-23-22(16-20)25-19-6-8-21(9-7-19)26-12-14-27-15-13-26;3-2(4,5)1(6)7/h1-11,16H,12-15,17H2,(H2,23,24,25);(H,6,7). The highest BCUT2D eigenvalue weighted by Gasteiger charge is 2.38. The van der Waals surface area contributed by atoms with Crippen LogP contribution < -0.4 is 15.5 Å². The van der Waals surface area contributed by atoms with Crippen LogP contribution in [0.15, 0.2) is 72.9 Å². The average molecular weight is 474 g/mol. The van der Waals surface area contributed by atoms with Gasteiger partial charge in [0.05, 0.1) is 13.2 Å². The van der Waals surface area contributed by atoms with E-state index in [0.29, 0.717) is 0 Å². The van der Waals surface area contributed by atoms with Gasteiger partial charge in [0.15, 0.2) is 0 Å². The van der Waals surface area contributed by atoms with E-state index >= 15 is 0 Å². The zero-order valence-electron chi connectivity index (χ0n) is 18.3. The minimum atomic E-state index is -5.08. The van der Waals surface area contributed by atoms with Crippen molar-refractivity contribution < 1.29 is 27.8 Å². The van der Waals surface area contributed by atoms with E-state index in [1.165, 1.54) is 11.3 Å².